The Labute approximate surface area is 70.0 Å². The highest BCUT2D eigenvalue weighted by molar-refractivity contribution is 7.03. The average Bonchev–Trinajstić information content (AvgIpc) is 2.50. The van der Waals surface area contributed by atoms with E-state index in [4.69, 9.17) is 5.73 Å². The van der Waals surface area contributed by atoms with Gasteiger partial charge < -0.3 is 11.1 Å². The second kappa shape index (κ2) is 5.17. The van der Waals surface area contributed by atoms with Crippen molar-refractivity contribution in [2.45, 2.75) is 13.0 Å². The maximum absolute atomic E-state index is 5.32. The smallest absolute Gasteiger partial charge is 0.0893 e. The van der Waals surface area contributed by atoms with E-state index >= 15 is 0 Å². The van der Waals surface area contributed by atoms with Crippen LogP contribution < -0.4 is 11.1 Å². The van der Waals surface area contributed by atoms with Gasteiger partial charge in [0.1, 0.15) is 0 Å². The first-order valence-electron chi connectivity index (χ1n) is 3.60. The number of nitrogens with two attached hydrogens (primary N) is 1. The molecule has 5 heteroatoms. The van der Waals surface area contributed by atoms with E-state index in [1.807, 2.05) is 5.38 Å². The number of nitrogens with one attached hydrogen (secondary N) is 1. The Bertz CT molecular complexity index is 175. The van der Waals surface area contributed by atoms with Gasteiger partial charge in [-0.25, -0.2) is 0 Å². The van der Waals surface area contributed by atoms with Gasteiger partial charge in [-0.3, -0.25) is 0 Å². The van der Waals surface area contributed by atoms with Crippen LogP contribution in [0.3, 0.4) is 0 Å². The van der Waals surface area contributed by atoms with Crippen molar-refractivity contribution in [2.75, 3.05) is 13.1 Å². The third-order valence-electron chi connectivity index (χ3n) is 1.27. The van der Waals surface area contributed by atoms with Crippen molar-refractivity contribution in [3.63, 3.8) is 0 Å². The first kappa shape index (κ1) is 8.58. The summed E-state index contributed by atoms with van der Waals surface area (Å²) >= 11 is 1.38. The van der Waals surface area contributed by atoms with Crippen LogP contribution >= 0.6 is 11.5 Å². The summed E-state index contributed by atoms with van der Waals surface area (Å²) in [6.07, 6.45) is 1.01. The molecule has 1 aromatic heterocycles. The predicted molar refractivity (Wildman–Crippen MR) is 45.3 cm³/mol. The van der Waals surface area contributed by atoms with Crippen LogP contribution in [0.4, 0.5) is 0 Å². The van der Waals surface area contributed by atoms with Gasteiger partial charge in [-0.05, 0) is 31.0 Å². The summed E-state index contributed by atoms with van der Waals surface area (Å²) < 4.78 is 3.75. The van der Waals surface area contributed by atoms with Gasteiger partial charge in [0.15, 0.2) is 0 Å². The first-order chi connectivity index (χ1) is 5.43. The Kier molecular flexibility index (Phi) is 4.03. The van der Waals surface area contributed by atoms with E-state index in [1.54, 1.807) is 0 Å². The van der Waals surface area contributed by atoms with E-state index in [9.17, 15) is 0 Å². The van der Waals surface area contributed by atoms with E-state index in [-0.39, 0.29) is 0 Å². The molecule has 0 aromatic carbocycles. The molecule has 62 valence electrons. The van der Waals surface area contributed by atoms with Gasteiger partial charge in [0.2, 0.25) is 0 Å². The van der Waals surface area contributed by atoms with E-state index in [0.29, 0.717) is 0 Å². The monoisotopic (exact) mass is 172 g/mol. The molecule has 1 aromatic rings. The minimum absolute atomic E-state index is 0.738. The van der Waals surface area contributed by atoms with E-state index < -0.39 is 0 Å². The maximum Gasteiger partial charge on any atom is 0.0893 e. The lowest BCUT2D eigenvalue weighted by molar-refractivity contribution is 0.645. The molecule has 0 aliphatic carbocycles. The molecule has 0 aliphatic heterocycles. The summed E-state index contributed by atoms with van der Waals surface area (Å²) in [6, 6.07) is 0. The lowest BCUT2D eigenvalue weighted by Gasteiger charge is -1.98. The summed E-state index contributed by atoms with van der Waals surface area (Å²) in [5.74, 6) is 0. The Morgan fingerprint density at radius 3 is 3.18 bits per heavy atom. The molecule has 0 aliphatic rings. The molecule has 0 bridgehead atoms. The molecule has 0 fully saturated rings. The lowest BCUT2D eigenvalue weighted by atomic mass is 10.4. The standard InChI is InChI=1S/C6H12N4S/c7-2-1-3-8-4-6-5-11-10-9-6/h5,8H,1-4,7H2. The molecule has 0 spiro atoms. The topological polar surface area (TPSA) is 63.8 Å². The van der Waals surface area contributed by atoms with Crippen molar-refractivity contribution in [1.29, 1.82) is 0 Å². The van der Waals surface area contributed by atoms with Crippen molar-refractivity contribution in [3.05, 3.63) is 11.1 Å². The summed E-state index contributed by atoms with van der Waals surface area (Å²) in [5.41, 5.74) is 6.33. The number of hydrogen-bond acceptors (Lipinski definition) is 5. The lowest BCUT2D eigenvalue weighted by Crippen LogP contribution is -2.17. The molecular weight excluding hydrogens is 160 g/mol. The fourth-order valence-corrected chi connectivity index (χ4v) is 1.16. The molecule has 0 unspecified atom stereocenters. The van der Waals surface area contributed by atoms with Crippen LogP contribution in [-0.4, -0.2) is 22.7 Å². The third-order valence-corrected chi connectivity index (χ3v) is 1.82. The third kappa shape index (κ3) is 3.41. The second-order valence-corrected chi connectivity index (χ2v) is 2.83. The summed E-state index contributed by atoms with van der Waals surface area (Å²) in [6.45, 7) is 2.49. The molecule has 0 saturated heterocycles. The average molecular weight is 172 g/mol. The van der Waals surface area contributed by atoms with Gasteiger partial charge in [-0.1, -0.05) is 4.49 Å². The Balaban J connectivity index is 2.04. The highest BCUT2D eigenvalue weighted by Gasteiger charge is 1.93. The number of hydrogen-bond donors (Lipinski definition) is 2. The van der Waals surface area contributed by atoms with Gasteiger partial charge in [0.05, 0.1) is 5.69 Å². The molecular formula is C6H12N4S. The highest BCUT2D eigenvalue weighted by atomic mass is 32.1. The summed E-state index contributed by atoms with van der Waals surface area (Å²) in [5, 5.41) is 9.04. The zero-order valence-corrected chi connectivity index (χ0v) is 7.10. The summed E-state index contributed by atoms with van der Waals surface area (Å²) in [4.78, 5) is 0. The van der Waals surface area contributed by atoms with Gasteiger partial charge >= 0.3 is 0 Å². The van der Waals surface area contributed by atoms with Gasteiger partial charge in [-0.15, -0.1) is 5.10 Å². The van der Waals surface area contributed by atoms with Crippen molar-refractivity contribution >= 4 is 11.5 Å². The van der Waals surface area contributed by atoms with Crippen LogP contribution in [0.25, 0.3) is 0 Å². The number of aromatic nitrogens is 2. The maximum atomic E-state index is 5.32. The molecule has 1 heterocycles. The minimum Gasteiger partial charge on any atom is -0.330 e. The second-order valence-electron chi connectivity index (χ2n) is 2.22. The Hall–Kier alpha value is -0.520. The molecule has 0 atom stereocenters. The minimum atomic E-state index is 0.738. The SMILES string of the molecule is NCCCNCc1csnn1. The van der Waals surface area contributed by atoms with Crippen molar-refractivity contribution in [1.82, 2.24) is 14.9 Å². The fraction of sp³-hybridized carbons (Fsp3) is 0.667. The molecule has 0 amide bonds. The van der Waals surface area contributed by atoms with Crippen molar-refractivity contribution in [3.8, 4) is 0 Å². The highest BCUT2D eigenvalue weighted by Crippen LogP contribution is 1.94. The van der Waals surface area contributed by atoms with Gasteiger partial charge in [0, 0.05) is 11.9 Å². The molecule has 3 N–H and O–H groups in total. The van der Waals surface area contributed by atoms with Crippen LogP contribution in [0.2, 0.25) is 0 Å². The van der Waals surface area contributed by atoms with Crippen LogP contribution in [0, 0.1) is 0 Å². The van der Waals surface area contributed by atoms with Crippen LogP contribution in [0.15, 0.2) is 5.38 Å². The van der Waals surface area contributed by atoms with E-state index in [0.717, 1.165) is 31.7 Å². The largest absolute Gasteiger partial charge is 0.330 e. The molecule has 1 rings (SSSR count). The zero-order chi connectivity index (χ0) is 7.94. The molecule has 11 heavy (non-hydrogen) atoms. The molecule has 4 nitrogen and oxygen atoms in total. The van der Waals surface area contributed by atoms with Crippen molar-refractivity contribution in [2.24, 2.45) is 5.73 Å². The first-order valence-corrected chi connectivity index (χ1v) is 4.44. The fourth-order valence-electron chi connectivity index (χ4n) is 0.705. The Morgan fingerprint density at radius 1 is 1.64 bits per heavy atom. The van der Waals surface area contributed by atoms with E-state index in [2.05, 4.69) is 14.9 Å². The summed E-state index contributed by atoms with van der Waals surface area (Å²) in [7, 11) is 0. The van der Waals surface area contributed by atoms with E-state index in [1.165, 1.54) is 11.5 Å². The molecule has 0 saturated carbocycles. The normalized spacial score (nSPS) is 10.3. The molecule has 0 radical (unpaired) electrons. The van der Waals surface area contributed by atoms with Crippen LogP contribution in [-0.2, 0) is 6.54 Å². The van der Waals surface area contributed by atoms with Gasteiger partial charge in [0.25, 0.3) is 0 Å². The number of rotatable bonds is 5. The van der Waals surface area contributed by atoms with Crippen molar-refractivity contribution < 1.29 is 0 Å². The van der Waals surface area contributed by atoms with Crippen LogP contribution in [0.5, 0.6) is 0 Å². The zero-order valence-electron chi connectivity index (χ0n) is 6.29. The van der Waals surface area contributed by atoms with Crippen LogP contribution in [0.1, 0.15) is 12.1 Å². The Morgan fingerprint density at radius 2 is 2.55 bits per heavy atom. The quantitative estimate of drug-likeness (QED) is 0.612. The van der Waals surface area contributed by atoms with Gasteiger partial charge in [-0.2, -0.15) is 0 Å². The predicted octanol–water partition coefficient (Wildman–Crippen LogP) is -0.0235. The number of nitrogens with zero attached hydrogens (tertiary/aromatic N) is 2.